The normalized spacial score (nSPS) is 21.2. The molecule has 0 unspecified atom stereocenters. The number of hydrogen-bond donors (Lipinski definition) is 1. The van der Waals surface area contributed by atoms with Crippen molar-refractivity contribution in [2.75, 3.05) is 39.3 Å². The molecular weight excluding hydrogens is 247 g/mol. The minimum atomic E-state index is -5.21. The van der Waals surface area contributed by atoms with Crippen LogP contribution >= 0.6 is 0 Å². The minimum Gasteiger partial charge on any atom is -0.329 e. The number of rotatable bonds is 3. The van der Waals surface area contributed by atoms with Crippen molar-refractivity contribution in [1.82, 2.24) is 9.21 Å². The maximum absolute atomic E-state index is 12.2. The lowest BCUT2D eigenvalue weighted by Crippen LogP contribution is -2.52. The summed E-state index contributed by atoms with van der Waals surface area (Å²) >= 11 is 0. The maximum atomic E-state index is 12.2. The second kappa shape index (κ2) is 4.86. The van der Waals surface area contributed by atoms with Crippen molar-refractivity contribution in [1.29, 1.82) is 0 Å². The van der Waals surface area contributed by atoms with Gasteiger partial charge in [-0.3, -0.25) is 4.90 Å². The molecule has 2 N–H and O–H groups in total. The number of piperazine rings is 1. The molecule has 0 aromatic carbocycles. The molecule has 0 bridgehead atoms. The van der Waals surface area contributed by atoms with E-state index < -0.39 is 15.5 Å². The Bertz CT molecular complexity index is 322. The van der Waals surface area contributed by atoms with Crippen LogP contribution in [0.25, 0.3) is 0 Å². The SMILES string of the molecule is NCCN1CCN(S(=O)(=O)C(F)(F)F)CC1. The van der Waals surface area contributed by atoms with E-state index in [2.05, 4.69) is 0 Å². The summed E-state index contributed by atoms with van der Waals surface area (Å²) in [5, 5.41) is 0. The van der Waals surface area contributed by atoms with Crippen LogP contribution in [0, 0.1) is 0 Å². The summed E-state index contributed by atoms with van der Waals surface area (Å²) in [5.41, 5.74) is 0.0902. The van der Waals surface area contributed by atoms with E-state index in [1.165, 1.54) is 0 Å². The van der Waals surface area contributed by atoms with Gasteiger partial charge >= 0.3 is 15.5 Å². The van der Waals surface area contributed by atoms with Crippen LogP contribution in [-0.2, 0) is 10.0 Å². The Morgan fingerprint density at radius 2 is 1.62 bits per heavy atom. The third-order valence-corrected chi connectivity index (χ3v) is 4.04. The van der Waals surface area contributed by atoms with E-state index in [0.29, 0.717) is 17.4 Å². The molecule has 0 spiro atoms. The smallest absolute Gasteiger partial charge is 0.329 e. The largest absolute Gasteiger partial charge is 0.511 e. The van der Waals surface area contributed by atoms with Gasteiger partial charge in [0.1, 0.15) is 0 Å². The molecule has 1 aliphatic rings. The van der Waals surface area contributed by atoms with Gasteiger partial charge in [0.15, 0.2) is 0 Å². The first-order valence-corrected chi connectivity index (χ1v) is 6.22. The van der Waals surface area contributed by atoms with Gasteiger partial charge in [0.2, 0.25) is 0 Å². The van der Waals surface area contributed by atoms with Crippen LogP contribution < -0.4 is 5.73 Å². The van der Waals surface area contributed by atoms with Gasteiger partial charge in [-0.2, -0.15) is 17.5 Å². The van der Waals surface area contributed by atoms with Crippen LogP contribution in [0.15, 0.2) is 0 Å². The summed E-state index contributed by atoms with van der Waals surface area (Å²) in [6, 6.07) is 0. The fourth-order valence-corrected chi connectivity index (χ4v) is 2.46. The fourth-order valence-electron chi connectivity index (χ4n) is 1.52. The van der Waals surface area contributed by atoms with Crippen LogP contribution in [-0.4, -0.2) is 62.4 Å². The number of nitrogens with two attached hydrogens (primary N) is 1. The first-order valence-electron chi connectivity index (χ1n) is 4.78. The Balaban J connectivity index is 2.61. The minimum absolute atomic E-state index is 0.137. The highest BCUT2D eigenvalue weighted by Gasteiger charge is 2.50. The van der Waals surface area contributed by atoms with Crippen molar-refractivity contribution in [2.24, 2.45) is 5.73 Å². The van der Waals surface area contributed by atoms with Gasteiger partial charge in [-0.25, -0.2) is 8.42 Å². The Morgan fingerprint density at radius 1 is 1.12 bits per heavy atom. The third-order valence-electron chi connectivity index (χ3n) is 2.41. The lowest BCUT2D eigenvalue weighted by molar-refractivity contribution is -0.0499. The van der Waals surface area contributed by atoms with Gasteiger partial charge in [0.05, 0.1) is 0 Å². The molecule has 96 valence electrons. The molecule has 0 aromatic heterocycles. The molecular formula is C7H14F3N3O2S. The standard InChI is InChI=1S/C7H14F3N3O2S/c8-7(9,10)16(14,15)13-5-3-12(2-1-11)4-6-13/h1-6,11H2. The Hall–Kier alpha value is -0.380. The topological polar surface area (TPSA) is 66.6 Å². The molecule has 16 heavy (non-hydrogen) atoms. The van der Waals surface area contributed by atoms with E-state index >= 15 is 0 Å². The Kier molecular flexibility index (Phi) is 4.16. The molecule has 1 heterocycles. The van der Waals surface area contributed by atoms with Crippen molar-refractivity contribution in [3.05, 3.63) is 0 Å². The summed E-state index contributed by atoms with van der Waals surface area (Å²) in [6.07, 6.45) is 0. The highest BCUT2D eigenvalue weighted by Crippen LogP contribution is 2.27. The lowest BCUT2D eigenvalue weighted by Gasteiger charge is -2.33. The zero-order valence-corrected chi connectivity index (χ0v) is 9.39. The molecule has 0 saturated carbocycles. The predicted molar refractivity (Wildman–Crippen MR) is 52.0 cm³/mol. The van der Waals surface area contributed by atoms with Gasteiger partial charge in [0.25, 0.3) is 0 Å². The summed E-state index contributed by atoms with van der Waals surface area (Å²) in [4.78, 5) is 1.84. The monoisotopic (exact) mass is 261 g/mol. The molecule has 0 atom stereocenters. The summed E-state index contributed by atoms with van der Waals surface area (Å²) < 4.78 is 59.1. The third kappa shape index (κ3) is 2.84. The number of sulfonamides is 1. The van der Waals surface area contributed by atoms with E-state index in [1.807, 2.05) is 4.90 Å². The maximum Gasteiger partial charge on any atom is 0.511 e. The number of alkyl halides is 3. The van der Waals surface area contributed by atoms with Crippen LogP contribution in [0.2, 0.25) is 0 Å². The molecule has 1 saturated heterocycles. The quantitative estimate of drug-likeness (QED) is 0.737. The summed E-state index contributed by atoms with van der Waals surface area (Å²) in [6.45, 7) is 1.27. The number of halogens is 3. The van der Waals surface area contributed by atoms with Crippen LogP contribution in [0.4, 0.5) is 13.2 Å². The Labute approximate surface area is 92.0 Å². The summed E-state index contributed by atoms with van der Waals surface area (Å²) in [5.74, 6) is 0. The van der Waals surface area contributed by atoms with Crippen molar-refractivity contribution in [2.45, 2.75) is 5.51 Å². The van der Waals surface area contributed by atoms with E-state index in [9.17, 15) is 21.6 Å². The average Bonchev–Trinajstić information content (AvgIpc) is 2.17. The molecule has 1 fully saturated rings. The first-order chi connectivity index (χ1) is 7.29. The van der Waals surface area contributed by atoms with E-state index in [1.54, 1.807) is 0 Å². The highest BCUT2D eigenvalue weighted by molar-refractivity contribution is 7.90. The van der Waals surface area contributed by atoms with Crippen molar-refractivity contribution >= 4 is 10.0 Å². The predicted octanol–water partition coefficient (Wildman–Crippen LogP) is -0.588. The van der Waals surface area contributed by atoms with Crippen molar-refractivity contribution in [3.8, 4) is 0 Å². The summed E-state index contributed by atoms with van der Waals surface area (Å²) in [7, 11) is -5.16. The molecule has 1 rings (SSSR count). The molecule has 0 radical (unpaired) electrons. The van der Waals surface area contributed by atoms with Gasteiger partial charge in [-0.05, 0) is 0 Å². The van der Waals surface area contributed by atoms with Gasteiger partial charge < -0.3 is 5.73 Å². The van der Waals surface area contributed by atoms with Crippen LogP contribution in [0.3, 0.4) is 0 Å². The van der Waals surface area contributed by atoms with Crippen molar-refractivity contribution in [3.63, 3.8) is 0 Å². The van der Waals surface area contributed by atoms with Gasteiger partial charge in [-0.15, -0.1) is 0 Å². The molecule has 1 aliphatic heterocycles. The number of nitrogens with zero attached hydrogens (tertiary/aromatic N) is 2. The zero-order valence-electron chi connectivity index (χ0n) is 8.57. The van der Waals surface area contributed by atoms with Crippen LogP contribution in [0.5, 0.6) is 0 Å². The van der Waals surface area contributed by atoms with E-state index in [-0.39, 0.29) is 26.2 Å². The first kappa shape index (κ1) is 13.7. The zero-order chi connectivity index (χ0) is 12.4. The number of hydrogen-bond acceptors (Lipinski definition) is 4. The van der Waals surface area contributed by atoms with E-state index in [4.69, 9.17) is 5.73 Å². The van der Waals surface area contributed by atoms with Crippen LogP contribution in [0.1, 0.15) is 0 Å². The second-order valence-electron chi connectivity index (χ2n) is 3.48. The highest BCUT2D eigenvalue weighted by atomic mass is 32.2. The lowest BCUT2D eigenvalue weighted by atomic mass is 10.3. The molecule has 9 heteroatoms. The molecule has 0 amide bonds. The van der Waals surface area contributed by atoms with E-state index in [0.717, 1.165) is 0 Å². The Morgan fingerprint density at radius 3 is 2.00 bits per heavy atom. The van der Waals surface area contributed by atoms with Gasteiger partial charge in [0, 0.05) is 39.3 Å². The fraction of sp³-hybridized carbons (Fsp3) is 1.00. The second-order valence-corrected chi connectivity index (χ2v) is 5.41. The van der Waals surface area contributed by atoms with Crippen molar-refractivity contribution < 1.29 is 21.6 Å². The molecule has 0 aliphatic carbocycles. The molecule has 0 aromatic rings. The van der Waals surface area contributed by atoms with Gasteiger partial charge in [-0.1, -0.05) is 0 Å². The molecule has 5 nitrogen and oxygen atoms in total. The average molecular weight is 261 g/mol.